The molecule has 0 bridgehead atoms. The molecule has 0 aromatic heterocycles. The highest BCUT2D eigenvalue weighted by Gasteiger charge is 2.13. The predicted octanol–water partition coefficient (Wildman–Crippen LogP) is 3.97. The van der Waals surface area contributed by atoms with Gasteiger partial charge in [0, 0.05) is 0 Å². The SMILES string of the molecule is CC[C@H](NC(=O)Nc1ccccc1OC)c1ccccc1. The van der Waals surface area contributed by atoms with Gasteiger partial charge in [0.15, 0.2) is 0 Å². The highest BCUT2D eigenvalue weighted by atomic mass is 16.5. The molecule has 1 atom stereocenters. The van der Waals surface area contributed by atoms with Crippen LogP contribution >= 0.6 is 0 Å². The van der Waals surface area contributed by atoms with Gasteiger partial charge in [-0.1, -0.05) is 49.4 Å². The van der Waals surface area contributed by atoms with Crippen molar-refractivity contribution in [1.29, 1.82) is 0 Å². The molecule has 2 amide bonds. The van der Waals surface area contributed by atoms with Crippen molar-refractivity contribution in [1.82, 2.24) is 5.32 Å². The van der Waals surface area contributed by atoms with Crippen LogP contribution in [0.5, 0.6) is 5.75 Å². The number of hydrogen-bond donors (Lipinski definition) is 2. The van der Waals surface area contributed by atoms with E-state index in [9.17, 15) is 4.79 Å². The molecule has 0 unspecified atom stereocenters. The lowest BCUT2D eigenvalue weighted by atomic mass is 10.1. The number of hydrogen-bond acceptors (Lipinski definition) is 2. The molecule has 2 rings (SSSR count). The Balaban J connectivity index is 2.03. The van der Waals surface area contributed by atoms with Crippen LogP contribution in [0.1, 0.15) is 24.9 Å². The van der Waals surface area contributed by atoms with E-state index in [0.29, 0.717) is 11.4 Å². The number of anilines is 1. The predicted molar refractivity (Wildman–Crippen MR) is 84.6 cm³/mol. The number of methoxy groups -OCH3 is 1. The molecule has 0 radical (unpaired) electrons. The van der Waals surface area contributed by atoms with Gasteiger partial charge in [0.2, 0.25) is 0 Å². The van der Waals surface area contributed by atoms with Gasteiger partial charge in [-0.25, -0.2) is 4.79 Å². The third kappa shape index (κ3) is 3.99. The quantitative estimate of drug-likeness (QED) is 0.873. The summed E-state index contributed by atoms with van der Waals surface area (Å²) < 4.78 is 5.22. The van der Waals surface area contributed by atoms with Crippen molar-refractivity contribution in [2.45, 2.75) is 19.4 Å². The first-order valence-electron chi connectivity index (χ1n) is 7.00. The fourth-order valence-electron chi connectivity index (χ4n) is 2.17. The maximum absolute atomic E-state index is 12.1. The van der Waals surface area contributed by atoms with Crippen LogP contribution in [0.25, 0.3) is 0 Å². The first-order valence-corrected chi connectivity index (χ1v) is 7.00. The molecule has 0 aliphatic heterocycles. The monoisotopic (exact) mass is 284 g/mol. The van der Waals surface area contributed by atoms with Gasteiger partial charge < -0.3 is 15.4 Å². The van der Waals surface area contributed by atoms with Crippen LogP contribution in [0.2, 0.25) is 0 Å². The zero-order chi connectivity index (χ0) is 15.1. The molecule has 0 fully saturated rings. The number of amides is 2. The van der Waals surface area contributed by atoms with E-state index in [0.717, 1.165) is 12.0 Å². The largest absolute Gasteiger partial charge is 0.495 e. The fourth-order valence-corrected chi connectivity index (χ4v) is 2.17. The second-order valence-corrected chi connectivity index (χ2v) is 4.67. The Morgan fingerprint density at radius 1 is 1.10 bits per heavy atom. The minimum Gasteiger partial charge on any atom is -0.495 e. The normalized spacial score (nSPS) is 11.5. The van der Waals surface area contributed by atoms with Crippen molar-refractivity contribution < 1.29 is 9.53 Å². The van der Waals surface area contributed by atoms with Crippen LogP contribution < -0.4 is 15.4 Å². The zero-order valence-electron chi connectivity index (χ0n) is 12.3. The molecule has 2 aromatic carbocycles. The maximum atomic E-state index is 12.1. The van der Waals surface area contributed by atoms with Gasteiger partial charge in [0.05, 0.1) is 18.8 Å². The number of ether oxygens (including phenoxy) is 1. The molecule has 2 N–H and O–H groups in total. The van der Waals surface area contributed by atoms with E-state index < -0.39 is 0 Å². The molecule has 0 spiro atoms. The first-order chi connectivity index (χ1) is 10.2. The van der Waals surface area contributed by atoms with E-state index >= 15 is 0 Å². The van der Waals surface area contributed by atoms with Crippen molar-refractivity contribution in [2.24, 2.45) is 0 Å². The van der Waals surface area contributed by atoms with Crippen LogP contribution in [-0.2, 0) is 0 Å². The van der Waals surface area contributed by atoms with Gasteiger partial charge in [-0.3, -0.25) is 0 Å². The summed E-state index contributed by atoms with van der Waals surface area (Å²) in [6.07, 6.45) is 0.823. The zero-order valence-corrected chi connectivity index (χ0v) is 12.3. The molecule has 110 valence electrons. The van der Waals surface area contributed by atoms with Gasteiger partial charge >= 0.3 is 6.03 Å². The lowest BCUT2D eigenvalue weighted by Gasteiger charge is -2.18. The Hall–Kier alpha value is -2.49. The summed E-state index contributed by atoms with van der Waals surface area (Å²) in [6.45, 7) is 2.04. The highest BCUT2D eigenvalue weighted by molar-refractivity contribution is 5.91. The summed E-state index contributed by atoms with van der Waals surface area (Å²) in [6, 6.07) is 17.0. The van der Waals surface area contributed by atoms with Gasteiger partial charge in [-0.15, -0.1) is 0 Å². The lowest BCUT2D eigenvalue weighted by molar-refractivity contribution is 0.248. The van der Waals surface area contributed by atoms with Crippen molar-refractivity contribution in [3.63, 3.8) is 0 Å². The van der Waals surface area contributed by atoms with Crippen molar-refractivity contribution in [2.75, 3.05) is 12.4 Å². The number of benzene rings is 2. The summed E-state index contributed by atoms with van der Waals surface area (Å²) in [7, 11) is 1.58. The van der Waals surface area contributed by atoms with Crippen molar-refractivity contribution in [3.05, 3.63) is 60.2 Å². The molecule has 0 saturated heterocycles. The van der Waals surface area contributed by atoms with Crippen LogP contribution in [0.15, 0.2) is 54.6 Å². The Morgan fingerprint density at radius 2 is 1.76 bits per heavy atom. The molecule has 0 saturated carbocycles. The molecule has 21 heavy (non-hydrogen) atoms. The lowest BCUT2D eigenvalue weighted by Crippen LogP contribution is -2.32. The summed E-state index contributed by atoms with van der Waals surface area (Å²) in [4.78, 5) is 12.1. The smallest absolute Gasteiger partial charge is 0.319 e. The van der Waals surface area contributed by atoms with Gasteiger partial charge in [-0.2, -0.15) is 0 Å². The number of nitrogens with one attached hydrogen (secondary N) is 2. The average molecular weight is 284 g/mol. The molecular weight excluding hydrogens is 264 g/mol. The Labute approximate surface area is 125 Å². The van der Waals surface area contributed by atoms with Crippen LogP contribution in [0, 0.1) is 0 Å². The minimum atomic E-state index is -0.241. The van der Waals surface area contributed by atoms with Crippen molar-refractivity contribution in [3.8, 4) is 5.75 Å². The average Bonchev–Trinajstić information content (AvgIpc) is 2.54. The van der Waals surface area contributed by atoms with E-state index in [1.165, 1.54) is 0 Å². The number of para-hydroxylation sites is 2. The third-order valence-electron chi connectivity index (χ3n) is 3.27. The van der Waals surface area contributed by atoms with E-state index in [4.69, 9.17) is 4.74 Å². The molecule has 2 aromatic rings. The number of rotatable bonds is 5. The number of carbonyl (C=O) groups is 1. The summed E-state index contributed by atoms with van der Waals surface area (Å²) in [5.41, 5.74) is 1.75. The topological polar surface area (TPSA) is 50.4 Å². The van der Waals surface area contributed by atoms with Crippen molar-refractivity contribution >= 4 is 11.7 Å². The standard InChI is InChI=1S/C17H20N2O2/c1-3-14(13-9-5-4-6-10-13)18-17(20)19-15-11-7-8-12-16(15)21-2/h4-12,14H,3H2,1-2H3,(H2,18,19,20)/t14-/m0/s1. The fraction of sp³-hybridized carbons (Fsp3) is 0.235. The number of carbonyl (C=O) groups excluding carboxylic acids is 1. The van der Waals surface area contributed by atoms with Gasteiger partial charge in [0.25, 0.3) is 0 Å². The molecule has 0 aliphatic carbocycles. The molecule has 4 nitrogen and oxygen atoms in total. The summed E-state index contributed by atoms with van der Waals surface area (Å²) in [5, 5.41) is 5.80. The third-order valence-corrected chi connectivity index (χ3v) is 3.27. The minimum absolute atomic E-state index is 0.0130. The maximum Gasteiger partial charge on any atom is 0.319 e. The molecule has 0 heterocycles. The van der Waals surface area contributed by atoms with Crippen LogP contribution in [0.3, 0.4) is 0 Å². The molecular formula is C17H20N2O2. The highest BCUT2D eigenvalue weighted by Crippen LogP contribution is 2.23. The van der Waals surface area contributed by atoms with Gasteiger partial charge in [0.1, 0.15) is 5.75 Å². The van der Waals surface area contributed by atoms with E-state index in [1.54, 1.807) is 7.11 Å². The van der Waals surface area contributed by atoms with Crippen LogP contribution in [-0.4, -0.2) is 13.1 Å². The summed E-state index contributed by atoms with van der Waals surface area (Å²) in [5.74, 6) is 0.639. The Kier molecular flexibility index (Phi) is 5.21. The molecule has 0 aliphatic rings. The van der Waals surface area contributed by atoms with E-state index in [1.807, 2.05) is 61.5 Å². The van der Waals surface area contributed by atoms with E-state index in [-0.39, 0.29) is 12.1 Å². The second-order valence-electron chi connectivity index (χ2n) is 4.67. The van der Waals surface area contributed by atoms with Gasteiger partial charge in [-0.05, 0) is 24.1 Å². The summed E-state index contributed by atoms with van der Waals surface area (Å²) >= 11 is 0. The first kappa shape index (κ1) is 14.9. The number of urea groups is 1. The van der Waals surface area contributed by atoms with E-state index in [2.05, 4.69) is 10.6 Å². The Bertz CT molecular complexity index is 584. The van der Waals surface area contributed by atoms with Crippen LogP contribution in [0.4, 0.5) is 10.5 Å². The Morgan fingerprint density at radius 3 is 2.43 bits per heavy atom. The molecule has 4 heteroatoms. The second kappa shape index (κ2) is 7.33.